The van der Waals surface area contributed by atoms with E-state index in [1.165, 1.54) is 12.1 Å². The van der Waals surface area contributed by atoms with Crippen molar-refractivity contribution >= 4 is 29.1 Å². The maximum atomic E-state index is 12.0. The van der Waals surface area contributed by atoms with Crippen LogP contribution in [0.15, 0.2) is 18.2 Å². The molecular weight excluding hydrogens is 285 g/mol. The fourth-order valence-electron chi connectivity index (χ4n) is 2.44. The number of nitrogens with one attached hydrogen (secondary N) is 1. The maximum Gasteiger partial charge on any atom is 0.255 e. The van der Waals surface area contributed by atoms with Crippen molar-refractivity contribution in [1.29, 1.82) is 0 Å². The van der Waals surface area contributed by atoms with E-state index in [-0.39, 0.29) is 22.6 Å². The molecule has 0 radical (unpaired) electrons. The number of phenolic OH excluding ortho intramolecular Hbond substituents is 1. The van der Waals surface area contributed by atoms with Crippen molar-refractivity contribution in [3.05, 3.63) is 28.8 Å². The topological polar surface area (TPSA) is 49.3 Å². The van der Waals surface area contributed by atoms with E-state index in [1.807, 2.05) is 0 Å². The Hall–Kier alpha value is -0.930. The van der Waals surface area contributed by atoms with E-state index in [9.17, 15) is 9.90 Å². The number of carbonyl (C=O) groups is 1. The summed E-state index contributed by atoms with van der Waals surface area (Å²) in [7, 11) is 0. The second kappa shape index (κ2) is 6.49. The number of aromatic hydroxyl groups is 1. The molecule has 2 rings (SSSR count). The van der Waals surface area contributed by atoms with E-state index in [2.05, 4.69) is 5.32 Å². The van der Waals surface area contributed by atoms with Crippen LogP contribution in [0, 0.1) is 5.92 Å². The molecule has 3 nitrogen and oxygen atoms in total. The predicted molar refractivity (Wildman–Crippen MR) is 77.0 cm³/mol. The van der Waals surface area contributed by atoms with Crippen molar-refractivity contribution < 1.29 is 9.90 Å². The minimum Gasteiger partial charge on any atom is -0.507 e. The minimum atomic E-state index is -0.272. The Morgan fingerprint density at radius 1 is 1.42 bits per heavy atom. The van der Waals surface area contributed by atoms with Gasteiger partial charge in [-0.2, -0.15) is 0 Å². The Morgan fingerprint density at radius 3 is 2.89 bits per heavy atom. The van der Waals surface area contributed by atoms with E-state index in [1.54, 1.807) is 6.07 Å². The number of benzene rings is 1. The number of alkyl halides is 1. The summed E-state index contributed by atoms with van der Waals surface area (Å²) >= 11 is 11.8. The van der Waals surface area contributed by atoms with Gasteiger partial charge < -0.3 is 10.4 Å². The lowest BCUT2D eigenvalue weighted by molar-refractivity contribution is 0.0941. The van der Waals surface area contributed by atoms with Crippen LogP contribution >= 0.6 is 23.2 Å². The minimum absolute atomic E-state index is 0.0936. The lowest BCUT2D eigenvalue weighted by atomic mass is 9.89. The Labute approximate surface area is 122 Å². The molecule has 1 saturated carbocycles. The molecule has 1 aromatic rings. The van der Waals surface area contributed by atoms with Gasteiger partial charge in [-0.15, -0.1) is 11.6 Å². The van der Waals surface area contributed by atoms with Crippen molar-refractivity contribution in [2.24, 2.45) is 5.92 Å². The van der Waals surface area contributed by atoms with Crippen molar-refractivity contribution in [2.75, 3.05) is 6.54 Å². The normalized spacial score (nSPS) is 23.1. The van der Waals surface area contributed by atoms with Crippen LogP contribution < -0.4 is 5.32 Å². The summed E-state index contributed by atoms with van der Waals surface area (Å²) in [5, 5.41) is 13.2. The van der Waals surface area contributed by atoms with Gasteiger partial charge in [0.1, 0.15) is 5.75 Å². The van der Waals surface area contributed by atoms with Gasteiger partial charge in [0.15, 0.2) is 0 Å². The molecule has 2 N–H and O–H groups in total. The molecule has 2 unspecified atom stereocenters. The third kappa shape index (κ3) is 4.02. The molecule has 1 aliphatic carbocycles. The molecule has 0 bridgehead atoms. The molecule has 0 aliphatic heterocycles. The molecule has 1 fully saturated rings. The molecule has 2 atom stereocenters. The van der Waals surface area contributed by atoms with Crippen LogP contribution in [0.5, 0.6) is 5.75 Å². The number of hydrogen-bond donors (Lipinski definition) is 2. The number of carbonyl (C=O) groups excluding carboxylic acids is 1. The van der Waals surface area contributed by atoms with Crippen molar-refractivity contribution in [3.8, 4) is 5.75 Å². The standard InChI is InChI=1S/C14H17Cl2NO2/c15-10-3-1-2-9(6-10)8-17-14(19)12-5-4-11(16)7-13(12)18/h4-5,7,9-10,18H,1-3,6,8H2,(H,17,19). The third-order valence-corrected chi connectivity index (χ3v) is 4.11. The van der Waals surface area contributed by atoms with Gasteiger partial charge in [-0.25, -0.2) is 0 Å². The van der Waals surface area contributed by atoms with Crippen LogP contribution in [0.1, 0.15) is 36.0 Å². The van der Waals surface area contributed by atoms with E-state index < -0.39 is 0 Å². The fraction of sp³-hybridized carbons (Fsp3) is 0.500. The summed E-state index contributed by atoms with van der Waals surface area (Å²) in [5.74, 6) is 0.0596. The summed E-state index contributed by atoms with van der Waals surface area (Å²) in [6.45, 7) is 0.601. The molecule has 0 heterocycles. The molecule has 0 aromatic heterocycles. The first-order chi connectivity index (χ1) is 9.06. The molecule has 1 aromatic carbocycles. The van der Waals surface area contributed by atoms with Crippen molar-refractivity contribution in [3.63, 3.8) is 0 Å². The summed E-state index contributed by atoms with van der Waals surface area (Å²) in [6, 6.07) is 4.48. The molecule has 1 aliphatic rings. The highest BCUT2D eigenvalue weighted by Crippen LogP contribution is 2.27. The number of amides is 1. The molecule has 0 saturated heterocycles. The van der Waals surface area contributed by atoms with E-state index in [0.717, 1.165) is 25.7 Å². The van der Waals surface area contributed by atoms with Gasteiger partial charge in [0.05, 0.1) is 5.56 Å². The number of halogens is 2. The maximum absolute atomic E-state index is 12.0. The Bertz CT molecular complexity index is 465. The second-order valence-corrected chi connectivity index (χ2v) is 6.06. The SMILES string of the molecule is O=C(NCC1CCCC(Cl)C1)c1ccc(Cl)cc1O. The zero-order valence-electron chi connectivity index (χ0n) is 10.5. The molecule has 1 amide bonds. The van der Waals surface area contributed by atoms with Gasteiger partial charge in [-0.05, 0) is 43.4 Å². The zero-order valence-corrected chi connectivity index (χ0v) is 12.0. The van der Waals surface area contributed by atoms with Gasteiger partial charge in [0, 0.05) is 16.9 Å². The van der Waals surface area contributed by atoms with Gasteiger partial charge in [-0.3, -0.25) is 4.79 Å². The van der Waals surface area contributed by atoms with Crippen LogP contribution in [0.2, 0.25) is 5.02 Å². The average molecular weight is 302 g/mol. The highest BCUT2D eigenvalue weighted by molar-refractivity contribution is 6.30. The first-order valence-corrected chi connectivity index (χ1v) is 7.28. The lowest BCUT2D eigenvalue weighted by Gasteiger charge is -2.25. The van der Waals surface area contributed by atoms with Gasteiger partial charge >= 0.3 is 0 Å². The van der Waals surface area contributed by atoms with Crippen LogP contribution in [0.4, 0.5) is 0 Å². The molecule has 0 spiro atoms. The largest absolute Gasteiger partial charge is 0.507 e. The summed E-state index contributed by atoms with van der Waals surface area (Å²) in [6.07, 6.45) is 4.20. The highest BCUT2D eigenvalue weighted by atomic mass is 35.5. The molecule has 19 heavy (non-hydrogen) atoms. The summed E-state index contributed by atoms with van der Waals surface area (Å²) < 4.78 is 0. The summed E-state index contributed by atoms with van der Waals surface area (Å²) in [4.78, 5) is 12.0. The number of rotatable bonds is 3. The smallest absolute Gasteiger partial charge is 0.255 e. The zero-order chi connectivity index (χ0) is 13.8. The van der Waals surface area contributed by atoms with E-state index >= 15 is 0 Å². The van der Waals surface area contributed by atoms with Crippen molar-refractivity contribution in [1.82, 2.24) is 5.32 Å². The van der Waals surface area contributed by atoms with Crippen LogP contribution in [0.3, 0.4) is 0 Å². The van der Waals surface area contributed by atoms with E-state index in [0.29, 0.717) is 17.5 Å². The van der Waals surface area contributed by atoms with E-state index in [4.69, 9.17) is 23.2 Å². The average Bonchev–Trinajstić information content (AvgIpc) is 2.36. The Balaban J connectivity index is 1.90. The monoisotopic (exact) mass is 301 g/mol. The second-order valence-electron chi connectivity index (χ2n) is 5.00. The molecule has 104 valence electrons. The number of hydrogen-bond acceptors (Lipinski definition) is 2. The van der Waals surface area contributed by atoms with Crippen molar-refractivity contribution in [2.45, 2.75) is 31.1 Å². The predicted octanol–water partition coefficient (Wildman–Crippen LogP) is 3.57. The van der Waals surface area contributed by atoms with Crippen LogP contribution in [-0.2, 0) is 0 Å². The van der Waals surface area contributed by atoms with Crippen LogP contribution in [-0.4, -0.2) is 22.9 Å². The van der Waals surface area contributed by atoms with Gasteiger partial charge in [0.25, 0.3) is 5.91 Å². The molecule has 5 heteroatoms. The third-order valence-electron chi connectivity index (χ3n) is 3.47. The number of phenols is 1. The summed E-state index contributed by atoms with van der Waals surface area (Å²) in [5.41, 5.74) is 0.252. The molecular formula is C14H17Cl2NO2. The first-order valence-electron chi connectivity index (χ1n) is 6.47. The van der Waals surface area contributed by atoms with Crippen LogP contribution in [0.25, 0.3) is 0 Å². The van der Waals surface area contributed by atoms with Gasteiger partial charge in [0.2, 0.25) is 0 Å². The van der Waals surface area contributed by atoms with Gasteiger partial charge in [-0.1, -0.05) is 18.0 Å². The first kappa shape index (κ1) is 14.5. The Morgan fingerprint density at radius 2 is 2.21 bits per heavy atom. The lowest BCUT2D eigenvalue weighted by Crippen LogP contribution is -2.32. The fourth-order valence-corrected chi connectivity index (χ4v) is 3.01. The quantitative estimate of drug-likeness (QED) is 0.839. The highest BCUT2D eigenvalue weighted by Gasteiger charge is 2.21. The Kier molecular flexibility index (Phi) is 4.94.